The van der Waals surface area contributed by atoms with E-state index in [-0.39, 0.29) is 11.9 Å². The van der Waals surface area contributed by atoms with Gasteiger partial charge in [-0.15, -0.1) is 0 Å². The first kappa shape index (κ1) is 14.7. The molecule has 1 aromatic heterocycles. The molecule has 108 valence electrons. The minimum atomic E-state index is -0.164. The van der Waals surface area contributed by atoms with Crippen molar-refractivity contribution in [2.24, 2.45) is 0 Å². The normalized spacial score (nSPS) is 12.6. The highest BCUT2D eigenvalue weighted by Gasteiger charge is 2.15. The lowest BCUT2D eigenvalue weighted by Crippen LogP contribution is -2.24. The summed E-state index contributed by atoms with van der Waals surface area (Å²) in [7, 11) is 0. The minimum Gasteiger partial charge on any atom is -0.310 e. The molecule has 0 bridgehead atoms. The van der Waals surface area contributed by atoms with Crippen LogP contribution in [0.1, 0.15) is 36.8 Å². The lowest BCUT2D eigenvalue weighted by atomic mass is 10.0. The van der Waals surface area contributed by atoms with Gasteiger partial charge in [0, 0.05) is 19.0 Å². The second-order valence-corrected chi connectivity index (χ2v) is 4.82. The molecule has 0 amide bonds. The molecule has 0 fully saturated rings. The number of hydrogen-bond donors (Lipinski definition) is 1. The lowest BCUT2D eigenvalue weighted by molar-refractivity contribution is 0.505. The number of nitrogens with zero attached hydrogens (tertiary/aromatic N) is 3. The van der Waals surface area contributed by atoms with Gasteiger partial charge in [-0.05, 0) is 37.6 Å². The minimum absolute atomic E-state index is 0.0459. The van der Waals surface area contributed by atoms with Gasteiger partial charge < -0.3 is 5.32 Å². The maximum atomic E-state index is 13.7. The van der Waals surface area contributed by atoms with Gasteiger partial charge in [-0.1, -0.05) is 19.1 Å². The smallest absolute Gasteiger partial charge is 0.138 e. The van der Waals surface area contributed by atoms with Crippen LogP contribution >= 0.6 is 0 Å². The third-order valence-electron chi connectivity index (χ3n) is 3.43. The molecule has 0 saturated carbocycles. The first-order chi connectivity index (χ1) is 9.65. The van der Waals surface area contributed by atoms with Crippen LogP contribution in [-0.2, 0) is 13.0 Å². The largest absolute Gasteiger partial charge is 0.310 e. The molecule has 0 aliphatic heterocycles. The Hall–Kier alpha value is -1.75. The van der Waals surface area contributed by atoms with Gasteiger partial charge in [0.25, 0.3) is 0 Å². The summed E-state index contributed by atoms with van der Waals surface area (Å²) < 4.78 is 15.6. The highest BCUT2D eigenvalue weighted by atomic mass is 19.1. The number of rotatable bonds is 6. The van der Waals surface area contributed by atoms with Crippen molar-refractivity contribution in [1.29, 1.82) is 0 Å². The molecule has 1 N–H and O–H groups in total. The van der Waals surface area contributed by atoms with Gasteiger partial charge in [0.15, 0.2) is 0 Å². The van der Waals surface area contributed by atoms with Crippen LogP contribution in [0.3, 0.4) is 0 Å². The van der Waals surface area contributed by atoms with Crippen molar-refractivity contribution in [3.63, 3.8) is 0 Å². The molecule has 0 saturated heterocycles. The zero-order chi connectivity index (χ0) is 14.5. The summed E-state index contributed by atoms with van der Waals surface area (Å²) in [5.41, 5.74) is 1.61. The summed E-state index contributed by atoms with van der Waals surface area (Å²) in [5.74, 6) is 0.752. The fraction of sp³-hybridized carbons (Fsp3) is 0.467. The highest BCUT2D eigenvalue weighted by molar-refractivity contribution is 5.26. The fourth-order valence-electron chi connectivity index (χ4n) is 2.27. The Kier molecular flexibility index (Phi) is 4.84. The summed E-state index contributed by atoms with van der Waals surface area (Å²) in [4.78, 5) is 4.29. The van der Waals surface area contributed by atoms with E-state index in [1.807, 2.05) is 30.7 Å². The van der Waals surface area contributed by atoms with Crippen molar-refractivity contribution in [2.45, 2.75) is 39.8 Å². The number of halogens is 1. The molecule has 1 aromatic carbocycles. The molecular formula is C15H21FN4. The summed E-state index contributed by atoms with van der Waals surface area (Å²) in [6.07, 6.45) is 2.27. The second kappa shape index (κ2) is 6.61. The van der Waals surface area contributed by atoms with E-state index in [0.29, 0.717) is 12.0 Å². The molecule has 0 aliphatic rings. The lowest BCUT2D eigenvalue weighted by Gasteiger charge is -2.18. The first-order valence-corrected chi connectivity index (χ1v) is 7.01. The zero-order valence-corrected chi connectivity index (χ0v) is 12.2. The van der Waals surface area contributed by atoms with Crippen molar-refractivity contribution in [3.05, 3.63) is 47.3 Å². The molecule has 1 atom stereocenters. The molecule has 1 unspecified atom stereocenters. The van der Waals surface area contributed by atoms with Crippen molar-refractivity contribution in [1.82, 2.24) is 20.1 Å². The van der Waals surface area contributed by atoms with Gasteiger partial charge in [-0.3, -0.25) is 4.68 Å². The van der Waals surface area contributed by atoms with Crippen LogP contribution in [0.15, 0.2) is 24.5 Å². The zero-order valence-electron chi connectivity index (χ0n) is 12.2. The quantitative estimate of drug-likeness (QED) is 0.882. The van der Waals surface area contributed by atoms with E-state index in [4.69, 9.17) is 0 Å². The van der Waals surface area contributed by atoms with Crippen LogP contribution in [0.4, 0.5) is 4.39 Å². The number of nitrogens with one attached hydrogen (secondary N) is 1. The molecule has 0 spiro atoms. The van der Waals surface area contributed by atoms with Crippen LogP contribution in [0, 0.1) is 12.7 Å². The second-order valence-electron chi connectivity index (χ2n) is 4.82. The molecule has 4 nitrogen and oxygen atoms in total. The maximum Gasteiger partial charge on any atom is 0.138 e. The highest BCUT2D eigenvalue weighted by Crippen LogP contribution is 2.20. The van der Waals surface area contributed by atoms with Gasteiger partial charge in [-0.25, -0.2) is 9.37 Å². The van der Waals surface area contributed by atoms with Crippen LogP contribution in [0.5, 0.6) is 0 Å². The van der Waals surface area contributed by atoms with Crippen LogP contribution in [-0.4, -0.2) is 21.3 Å². The number of benzene rings is 1. The van der Waals surface area contributed by atoms with E-state index in [2.05, 4.69) is 15.4 Å². The fourth-order valence-corrected chi connectivity index (χ4v) is 2.27. The molecule has 5 heteroatoms. The Balaban J connectivity index is 2.24. The summed E-state index contributed by atoms with van der Waals surface area (Å²) >= 11 is 0. The standard InChI is InChI=1S/C15H21FN4/c1-4-17-14(9-15-18-10-19-20(15)5-2)12-7-6-11(3)13(16)8-12/h6-8,10,14,17H,4-5,9H2,1-3H3. The molecule has 20 heavy (non-hydrogen) atoms. The number of aryl methyl sites for hydroxylation is 2. The van der Waals surface area contributed by atoms with Gasteiger partial charge in [-0.2, -0.15) is 5.10 Å². The van der Waals surface area contributed by atoms with E-state index in [9.17, 15) is 4.39 Å². The Morgan fingerprint density at radius 1 is 1.35 bits per heavy atom. The average Bonchev–Trinajstić information content (AvgIpc) is 2.88. The SMILES string of the molecule is CCNC(Cc1ncnn1CC)c1ccc(C)c(F)c1. The third kappa shape index (κ3) is 3.22. The number of aromatic nitrogens is 3. The van der Waals surface area contributed by atoms with Crippen LogP contribution in [0.2, 0.25) is 0 Å². The summed E-state index contributed by atoms with van der Waals surface area (Å²) in [6, 6.07) is 5.44. The number of likely N-dealkylation sites (N-methyl/N-ethyl adjacent to an activating group) is 1. The van der Waals surface area contributed by atoms with Crippen molar-refractivity contribution >= 4 is 0 Å². The molecule has 2 aromatic rings. The molecular weight excluding hydrogens is 255 g/mol. The van der Waals surface area contributed by atoms with Crippen molar-refractivity contribution in [2.75, 3.05) is 6.54 Å². The van der Waals surface area contributed by atoms with Crippen LogP contribution < -0.4 is 5.32 Å². The van der Waals surface area contributed by atoms with Gasteiger partial charge in [0.2, 0.25) is 0 Å². The topological polar surface area (TPSA) is 42.7 Å². The summed E-state index contributed by atoms with van der Waals surface area (Å²) in [6.45, 7) is 7.46. The monoisotopic (exact) mass is 276 g/mol. The predicted molar refractivity (Wildman–Crippen MR) is 77.0 cm³/mol. The Labute approximate surface area is 119 Å². The van der Waals surface area contributed by atoms with Crippen molar-refractivity contribution in [3.8, 4) is 0 Å². The Morgan fingerprint density at radius 2 is 2.15 bits per heavy atom. The molecule has 0 aliphatic carbocycles. The molecule has 2 rings (SSSR count). The van der Waals surface area contributed by atoms with Gasteiger partial charge >= 0.3 is 0 Å². The predicted octanol–water partition coefficient (Wildman–Crippen LogP) is 2.64. The molecule has 1 heterocycles. The number of hydrogen-bond acceptors (Lipinski definition) is 3. The third-order valence-corrected chi connectivity index (χ3v) is 3.43. The van der Waals surface area contributed by atoms with Gasteiger partial charge in [0.05, 0.1) is 0 Å². The summed E-state index contributed by atoms with van der Waals surface area (Å²) in [5, 5.41) is 7.56. The Bertz CT molecular complexity index is 565. The first-order valence-electron chi connectivity index (χ1n) is 7.01. The Morgan fingerprint density at radius 3 is 2.80 bits per heavy atom. The van der Waals surface area contributed by atoms with Crippen LogP contribution in [0.25, 0.3) is 0 Å². The van der Waals surface area contributed by atoms with E-state index in [1.54, 1.807) is 19.3 Å². The van der Waals surface area contributed by atoms with Gasteiger partial charge in [0.1, 0.15) is 18.0 Å². The molecule has 0 radical (unpaired) electrons. The van der Waals surface area contributed by atoms with E-state index in [0.717, 1.165) is 24.5 Å². The maximum absolute atomic E-state index is 13.7. The van der Waals surface area contributed by atoms with E-state index in [1.165, 1.54) is 0 Å². The van der Waals surface area contributed by atoms with E-state index < -0.39 is 0 Å². The van der Waals surface area contributed by atoms with Crippen molar-refractivity contribution < 1.29 is 4.39 Å². The van der Waals surface area contributed by atoms with E-state index >= 15 is 0 Å². The average molecular weight is 276 g/mol.